The Morgan fingerprint density at radius 2 is 2.14 bits per heavy atom. The Hall–Kier alpha value is -1.37. The number of nitrogens with zero attached hydrogens (tertiary/aromatic N) is 1. The maximum Gasteiger partial charge on any atom is 0.243 e. The largest absolute Gasteiger partial charge is 0.494 e. The van der Waals surface area contributed by atoms with Gasteiger partial charge in [-0.15, -0.1) is 0 Å². The van der Waals surface area contributed by atoms with Crippen molar-refractivity contribution in [2.75, 3.05) is 19.7 Å². The topological polar surface area (TPSA) is 72.6 Å². The highest BCUT2D eigenvalue weighted by Crippen LogP contribution is 2.26. The second-order valence-corrected chi connectivity index (χ2v) is 7.02. The van der Waals surface area contributed by atoms with Gasteiger partial charge in [-0.2, -0.15) is 4.31 Å². The summed E-state index contributed by atoms with van der Waals surface area (Å²) < 4.78 is 32.3. The Bertz CT molecular complexity index is 638. The summed E-state index contributed by atoms with van der Waals surface area (Å²) in [7, 11) is -3.48. The predicted octanol–water partition coefficient (Wildman–Crippen LogP) is 1.88. The molecule has 0 amide bonds. The molecule has 1 aliphatic heterocycles. The lowest BCUT2D eigenvalue weighted by atomic mass is 10.2. The van der Waals surface area contributed by atoms with Gasteiger partial charge in [0.1, 0.15) is 5.75 Å². The van der Waals surface area contributed by atoms with Crippen molar-refractivity contribution in [1.82, 2.24) is 4.31 Å². The Morgan fingerprint density at radius 1 is 1.38 bits per heavy atom. The van der Waals surface area contributed by atoms with E-state index in [0.29, 0.717) is 31.0 Å². The van der Waals surface area contributed by atoms with Gasteiger partial charge in [0.15, 0.2) is 0 Å². The summed E-state index contributed by atoms with van der Waals surface area (Å²) in [6, 6.07) is 4.90. The molecule has 2 rings (SSSR count). The van der Waals surface area contributed by atoms with E-state index in [1.807, 2.05) is 13.8 Å². The van der Waals surface area contributed by atoms with Gasteiger partial charge in [0.2, 0.25) is 10.0 Å². The number of benzene rings is 1. The summed E-state index contributed by atoms with van der Waals surface area (Å²) in [5, 5.41) is 0. The molecular weight excluding hydrogens is 288 g/mol. The van der Waals surface area contributed by atoms with Crippen LogP contribution in [-0.4, -0.2) is 32.4 Å². The second-order valence-electron chi connectivity index (χ2n) is 5.08. The maximum atomic E-state index is 12.7. The van der Waals surface area contributed by atoms with Crippen molar-refractivity contribution in [3.8, 4) is 5.75 Å². The lowest BCUT2D eigenvalue weighted by Crippen LogP contribution is -2.35. The first kappa shape index (κ1) is 16.0. The molecule has 0 fully saturated rings. The molecule has 6 heteroatoms. The van der Waals surface area contributed by atoms with E-state index in [4.69, 9.17) is 10.5 Å². The number of hydrogen-bond acceptors (Lipinski definition) is 4. The first-order valence-electron chi connectivity index (χ1n) is 7.10. The molecule has 0 unspecified atom stereocenters. The average molecular weight is 310 g/mol. The normalized spacial score (nSPS) is 16.6. The van der Waals surface area contributed by atoms with E-state index >= 15 is 0 Å². The molecule has 0 saturated heterocycles. The van der Waals surface area contributed by atoms with Crippen LogP contribution < -0.4 is 10.5 Å². The quantitative estimate of drug-likeness (QED) is 0.843. The number of hydrogen-bond donors (Lipinski definition) is 1. The molecule has 2 N–H and O–H groups in total. The van der Waals surface area contributed by atoms with Crippen LogP contribution in [0.15, 0.2) is 34.7 Å². The van der Waals surface area contributed by atoms with Gasteiger partial charge in [-0.05, 0) is 38.5 Å². The Labute approximate surface area is 126 Å². The van der Waals surface area contributed by atoms with Gasteiger partial charge in [0.25, 0.3) is 0 Å². The summed E-state index contributed by atoms with van der Waals surface area (Å²) in [4.78, 5) is 0.279. The molecule has 0 spiro atoms. The molecule has 1 aromatic rings. The van der Waals surface area contributed by atoms with E-state index in [9.17, 15) is 8.42 Å². The second kappa shape index (κ2) is 6.60. The van der Waals surface area contributed by atoms with Crippen LogP contribution in [0.3, 0.4) is 0 Å². The van der Waals surface area contributed by atoms with Gasteiger partial charge < -0.3 is 10.5 Å². The Kier molecular flexibility index (Phi) is 5.03. The molecule has 1 aliphatic rings. The number of ether oxygens (including phenoxy) is 1. The van der Waals surface area contributed by atoms with E-state index in [-0.39, 0.29) is 11.4 Å². The first-order chi connectivity index (χ1) is 9.98. The minimum Gasteiger partial charge on any atom is -0.494 e. The van der Waals surface area contributed by atoms with Crippen molar-refractivity contribution in [1.29, 1.82) is 0 Å². The van der Waals surface area contributed by atoms with Gasteiger partial charge in [-0.25, -0.2) is 8.42 Å². The smallest absolute Gasteiger partial charge is 0.243 e. The van der Waals surface area contributed by atoms with Gasteiger partial charge in [-0.3, -0.25) is 0 Å². The minimum absolute atomic E-state index is 0.248. The summed E-state index contributed by atoms with van der Waals surface area (Å²) in [6.45, 7) is 5.57. The highest BCUT2D eigenvalue weighted by molar-refractivity contribution is 7.89. The van der Waals surface area contributed by atoms with E-state index in [2.05, 4.69) is 6.08 Å². The third-order valence-electron chi connectivity index (χ3n) is 3.49. The lowest BCUT2D eigenvalue weighted by Gasteiger charge is -2.25. The van der Waals surface area contributed by atoms with Crippen LogP contribution in [-0.2, 0) is 16.6 Å². The molecule has 0 atom stereocenters. The van der Waals surface area contributed by atoms with Crippen LogP contribution in [0.4, 0.5) is 0 Å². The highest BCUT2D eigenvalue weighted by Gasteiger charge is 2.26. The SMILES string of the molecule is CCOc1ccc(S(=O)(=O)N2CCC=C(C)C2)cc1CN. The summed E-state index contributed by atoms with van der Waals surface area (Å²) >= 11 is 0. The van der Waals surface area contributed by atoms with Crippen molar-refractivity contribution in [2.24, 2.45) is 5.73 Å². The number of sulfonamides is 1. The fraction of sp³-hybridized carbons (Fsp3) is 0.467. The van der Waals surface area contributed by atoms with Crippen LogP contribution >= 0.6 is 0 Å². The standard InChI is InChI=1S/C15H22N2O3S/c1-3-20-15-7-6-14(9-13(15)10-16)21(18,19)17-8-4-5-12(2)11-17/h5-7,9H,3-4,8,10-11,16H2,1-2H3. The van der Waals surface area contributed by atoms with Crippen LogP contribution in [0.1, 0.15) is 25.8 Å². The first-order valence-corrected chi connectivity index (χ1v) is 8.54. The molecule has 5 nitrogen and oxygen atoms in total. The van der Waals surface area contributed by atoms with Gasteiger partial charge in [0, 0.05) is 25.2 Å². The van der Waals surface area contributed by atoms with Crippen LogP contribution in [0.25, 0.3) is 0 Å². The van der Waals surface area contributed by atoms with Crippen molar-refractivity contribution in [3.05, 3.63) is 35.4 Å². The van der Waals surface area contributed by atoms with Gasteiger partial charge in [-0.1, -0.05) is 11.6 Å². The summed E-state index contributed by atoms with van der Waals surface area (Å²) in [6.07, 6.45) is 2.83. The molecule has 0 saturated carbocycles. The van der Waals surface area contributed by atoms with Crippen molar-refractivity contribution in [2.45, 2.75) is 31.7 Å². The summed E-state index contributed by atoms with van der Waals surface area (Å²) in [5.74, 6) is 0.647. The molecule has 116 valence electrons. The van der Waals surface area contributed by atoms with Crippen LogP contribution in [0.2, 0.25) is 0 Å². The average Bonchev–Trinajstić information content (AvgIpc) is 2.47. The molecule has 0 radical (unpaired) electrons. The molecule has 0 aliphatic carbocycles. The Morgan fingerprint density at radius 3 is 2.76 bits per heavy atom. The summed E-state index contributed by atoms with van der Waals surface area (Å²) in [5.41, 5.74) is 7.48. The maximum absolute atomic E-state index is 12.7. The molecular formula is C15H22N2O3S. The predicted molar refractivity (Wildman–Crippen MR) is 82.6 cm³/mol. The number of rotatable bonds is 5. The monoisotopic (exact) mass is 310 g/mol. The lowest BCUT2D eigenvalue weighted by molar-refractivity contribution is 0.336. The molecule has 21 heavy (non-hydrogen) atoms. The van der Waals surface area contributed by atoms with Crippen LogP contribution in [0, 0.1) is 0 Å². The van der Waals surface area contributed by atoms with Gasteiger partial charge >= 0.3 is 0 Å². The molecule has 0 bridgehead atoms. The van der Waals surface area contributed by atoms with E-state index < -0.39 is 10.0 Å². The van der Waals surface area contributed by atoms with Crippen molar-refractivity contribution >= 4 is 10.0 Å². The van der Waals surface area contributed by atoms with E-state index in [0.717, 1.165) is 12.0 Å². The molecule has 0 aromatic heterocycles. The minimum atomic E-state index is -3.48. The van der Waals surface area contributed by atoms with E-state index in [1.54, 1.807) is 18.2 Å². The van der Waals surface area contributed by atoms with E-state index in [1.165, 1.54) is 4.31 Å². The van der Waals surface area contributed by atoms with Crippen molar-refractivity contribution in [3.63, 3.8) is 0 Å². The van der Waals surface area contributed by atoms with Crippen LogP contribution in [0.5, 0.6) is 5.75 Å². The fourth-order valence-corrected chi connectivity index (χ4v) is 3.95. The number of nitrogens with two attached hydrogens (primary N) is 1. The zero-order valence-electron chi connectivity index (χ0n) is 12.5. The zero-order chi connectivity index (χ0) is 15.5. The van der Waals surface area contributed by atoms with Gasteiger partial charge in [0.05, 0.1) is 11.5 Å². The highest BCUT2D eigenvalue weighted by atomic mass is 32.2. The zero-order valence-corrected chi connectivity index (χ0v) is 13.3. The molecule has 1 aromatic carbocycles. The fourth-order valence-electron chi connectivity index (χ4n) is 2.40. The third-order valence-corrected chi connectivity index (χ3v) is 5.33. The Balaban J connectivity index is 2.34. The third kappa shape index (κ3) is 3.45. The van der Waals surface area contributed by atoms with Crippen molar-refractivity contribution < 1.29 is 13.2 Å². The molecule has 1 heterocycles.